The van der Waals surface area contributed by atoms with Crippen molar-refractivity contribution in [1.82, 2.24) is 0 Å². The number of hydrogen-bond donors (Lipinski definition) is 0. The van der Waals surface area contributed by atoms with Gasteiger partial charge in [-0.1, -0.05) is 69.3 Å². The average Bonchev–Trinajstić information content (AvgIpc) is 2.29. The van der Waals surface area contributed by atoms with Crippen molar-refractivity contribution in [3.8, 4) is 11.1 Å². The highest BCUT2D eigenvalue weighted by molar-refractivity contribution is 5.68. The topological polar surface area (TPSA) is 0 Å². The van der Waals surface area contributed by atoms with E-state index in [1.807, 2.05) is 12.1 Å². The molecule has 0 unspecified atom stereocenters. The van der Waals surface area contributed by atoms with Gasteiger partial charge in [-0.2, -0.15) is 0 Å². The molecule has 0 saturated carbocycles. The van der Waals surface area contributed by atoms with Gasteiger partial charge in [0.1, 0.15) is 0 Å². The van der Waals surface area contributed by atoms with Gasteiger partial charge in [-0.25, -0.2) is 0 Å². The molecule has 0 fully saturated rings. The Kier molecular flexibility index (Phi) is 2.82. The van der Waals surface area contributed by atoms with E-state index in [2.05, 4.69) is 63.2 Å². The van der Waals surface area contributed by atoms with E-state index in [-0.39, 0.29) is 5.41 Å². The number of hydrogen-bond acceptors (Lipinski definition) is 0. The minimum Gasteiger partial charge on any atom is -0.0619 e. The Morgan fingerprint density at radius 2 is 1.56 bits per heavy atom. The minimum atomic E-state index is 0.167. The highest BCUT2D eigenvalue weighted by atomic mass is 14.2. The third-order valence-electron chi connectivity index (χ3n) is 2.73. The van der Waals surface area contributed by atoms with E-state index in [9.17, 15) is 0 Å². The fraction of sp³-hybridized carbons (Fsp3) is 0.250. The normalized spacial score (nSPS) is 11.4. The second kappa shape index (κ2) is 4.13. The minimum absolute atomic E-state index is 0.167. The third-order valence-corrected chi connectivity index (χ3v) is 2.73. The molecule has 2 aromatic rings. The molecular formula is C16H17. The second-order valence-electron chi connectivity index (χ2n) is 5.07. The molecular weight excluding hydrogens is 192 g/mol. The van der Waals surface area contributed by atoms with Gasteiger partial charge in [-0.05, 0) is 28.2 Å². The molecule has 0 amide bonds. The van der Waals surface area contributed by atoms with Gasteiger partial charge in [0.05, 0.1) is 0 Å². The van der Waals surface area contributed by atoms with Crippen LogP contribution in [-0.2, 0) is 5.41 Å². The summed E-state index contributed by atoms with van der Waals surface area (Å²) in [4.78, 5) is 0. The molecule has 81 valence electrons. The summed E-state index contributed by atoms with van der Waals surface area (Å²) in [5.41, 5.74) is 4.00. The van der Waals surface area contributed by atoms with Crippen LogP contribution in [0, 0.1) is 6.07 Å². The molecule has 1 radical (unpaired) electrons. The maximum atomic E-state index is 3.30. The molecule has 0 aliphatic heterocycles. The molecule has 16 heavy (non-hydrogen) atoms. The van der Waals surface area contributed by atoms with Crippen molar-refractivity contribution in [2.45, 2.75) is 26.2 Å². The lowest BCUT2D eigenvalue weighted by molar-refractivity contribution is 0.592. The molecule has 2 rings (SSSR count). The molecule has 0 bridgehead atoms. The first-order chi connectivity index (χ1) is 7.59. The Labute approximate surface area is 97.9 Å². The van der Waals surface area contributed by atoms with Crippen molar-refractivity contribution in [3.05, 3.63) is 60.2 Å². The Hall–Kier alpha value is -1.56. The van der Waals surface area contributed by atoms with E-state index in [0.717, 1.165) is 0 Å². The first-order valence-electron chi connectivity index (χ1n) is 5.65. The lowest BCUT2D eigenvalue weighted by Crippen LogP contribution is -2.12. The van der Waals surface area contributed by atoms with Crippen LogP contribution in [0.4, 0.5) is 0 Å². The predicted octanol–water partition coefficient (Wildman–Crippen LogP) is 4.45. The van der Waals surface area contributed by atoms with Gasteiger partial charge in [0, 0.05) is 0 Å². The van der Waals surface area contributed by atoms with Crippen LogP contribution in [0.5, 0.6) is 0 Å². The molecule has 0 N–H and O–H groups in total. The van der Waals surface area contributed by atoms with Crippen LogP contribution in [0.3, 0.4) is 0 Å². The average molecular weight is 209 g/mol. The monoisotopic (exact) mass is 209 g/mol. The fourth-order valence-electron chi connectivity index (χ4n) is 1.93. The Morgan fingerprint density at radius 1 is 0.875 bits per heavy atom. The van der Waals surface area contributed by atoms with Crippen molar-refractivity contribution in [2.24, 2.45) is 0 Å². The first kappa shape index (κ1) is 10.9. The molecule has 0 aliphatic carbocycles. The predicted molar refractivity (Wildman–Crippen MR) is 69.4 cm³/mol. The smallest absolute Gasteiger partial charge is 0.00991 e. The van der Waals surface area contributed by atoms with Crippen LogP contribution in [0.1, 0.15) is 26.3 Å². The summed E-state index contributed by atoms with van der Waals surface area (Å²) in [7, 11) is 0. The fourth-order valence-corrected chi connectivity index (χ4v) is 1.93. The van der Waals surface area contributed by atoms with Crippen LogP contribution in [0.15, 0.2) is 48.5 Å². The van der Waals surface area contributed by atoms with E-state index < -0.39 is 0 Å². The highest BCUT2D eigenvalue weighted by Gasteiger charge is 2.17. The largest absolute Gasteiger partial charge is 0.0619 e. The Bertz CT molecular complexity index is 461. The van der Waals surface area contributed by atoms with Crippen molar-refractivity contribution < 1.29 is 0 Å². The van der Waals surface area contributed by atoms with E-state index in [4.69, 9.17) is 0 Å². The molecule has 0 atom stereocenters. The van der Waals surface area contributed by atoms with Gasteiger partial charge in [-0.15, -0.1) is 0 Å². The second-order valence-corrected chi connectivity index (χ2v) is 5.07. The zero-order chi connectivity index (χ0) is 11.6. The number of benzene rings is 2. The molecule has 0 aliphatic rings. The molecule has 0 saturated heterocycles. The van der Waals surface area contributed by atoms with E-state index in [1.165, 1.54) is 16.7 Å². The molecule has 0 heteroatoms. The quantitative estimate of drug-likeness (QED) is 0.651. The van der Waals surface area contributed by atoms with Gasteiger partial charge in [0.15, 0.2) is 0 Å². The van der Waals surface area contributed by atoms with Gasteiger partial charge in [0.25, 0.3) is 0 Å². The van der Waals surface area contributed by atoms with Gasteiger partial charge < -0.3 is 0 Å². The van der Waals surface area contributed by atoms with Crippen LogP contribution < -0.4 is 0 Å². The van der Waals surface area contributed by atoms with Crippen LogP contribution >= 0.6 is 0 Å². The summed E-state index contributed by atoms with van der Waals surface area (Å²) in [6.07, 6.45) is 0. The Morgan fingerprint density at radius 3 is 2.19 bits per heavy atom. The summed E-state index contributed by atoms with van der Waals surface area (Å²) in [6, 6.07) is 20.0. The molecule has 0 nitrogen and oxygen atoms in total. The molecule has 2 aromatic carbocycles. The summed E-state index contributed by atoms with van der Waals surface area (Å²) >= 11 is 0. The zero-order valence-electron chi connectivity index (χ0n) is 10.1. The molecule has 0 spiro atoms. The van der Waals surface area contributed by atoms with Gasteiger partial charge >= 0.3 is 0 Å². The first-order valence-corrected chi connectivity index (χ1v) is 5.65. The van der Waals surface area contributed by atoms with Gasteiger partial charge in [-0.3, -0.25) is 0 Å². The summed E-state index contributed by atoms with van der Waals surface area (Å²) in [5.74, 6) is 0. The lowest BCUT2D eigenvalue weighted by Gasteiger charge is -2.22. The van der Waals surface area contributed by atoms with E-state index in [0.29, 0.717) is 0 Å². The maximum Gasteiger partial charge on any atom is -0.00991 e. The summed E-state index contributed by atoms with van der Waals surface area (Å²) < 4.78 is 0. The molecule has 0 heterocycles. The Balaban J connectivity index is 2.58. The summed E-state index contributed by atoms with van der Waals surface area (Å²) in [5, 5.41) is 0. The van der Waals surface area contributed by atoms with Crippen molar-refractivity contribution in [3.63, 3.8) is 0 Å². The van der Waals surface area contributed by atoms with E-state index in [1.54, 1.807) is 0 Å². The van der Waals surface area contributed by atoms with Crippen molar-refractivity contribution in [1.29, 1.82) is 0 Å². The van der Waals surface area contributed by atoms with E-state index >= 15 is 0 Å². The van der Waals surface area contributed by atoms with Crippen molar-refractivity contribution >= 4 is 0 Å². The maximum absolute atomic E-state index is 3.30. The van der Waals surface area contributed by atoms with Crippen LogP contribution in [-0.4, -0.2) is 0 Å². The SMILES string of the molecule is CC(C)(C)c1ccccc1-c1[c]cccc1. The lowest BCUT2D eigenvalue weighted by atomic mass is 9.82. The summed E-state index contributed by atoms with van der Waals surface area (Å²) in [6.45, 7) is 6.73. The zero-order valence-corrected chi connectivity index (χ0v) is 10.1. The van der Waals surface area contributed by atoms with Crippen LogP contribution in [0.2, 0.25) is 0 Å². The van der Waals surface area contributed by atoms with Crippen molar-refractivity contribution in [2.75, 3.05) is 0 Å². The van der Waals surface area contributed by atoms with Crippen LogP contribution in [0.25, 0.3) is 11.1 Å². The highest BCUT2D eigenvalue weighted by Crippen LogP contribution is 2.32. The third kappa shape index (κ3) is 2.16. The number of rotatable bonds is 1. The standard InChI is InChI=1S/C16H17/c1-16(2,3)15-12-8-7-11-14(15)13-9-5-4-6-10-13/h4-9,11-12H,1-3H3. The van der Waals surface area contributed by atoms with Gasteiger partial charge in [0.2, 0.25) is 0 Å². The molecule has 0 aromatic heterocycles.